The summed E-state index contributed by atoms with van der Waals surface area (Å²) >= 11 is 3.42. The Hall–Kier alpha value is -1.07. The van der Waals surface area contributed by atoms with Crippen LogP contribution >= 0.6 is 15.9 Å². The summed E-state index contributed by atoms with van der Waals surface area (Å²) < 4.78 is 6.06. The Morgan fingerprint density at radius 3 is 2.74 bits per heavy atom. The van der Waals surface area contributed by atoms with Gasteiger partial charge in [0, 0.05) is 11.1 Å². The number of rotatable bonds is 6. The average molecular weight is 330 g/mol. The summed E-state index contributed by atoms with van der Waals surface area (Å²) in [7, 11) is 0. The first kappa shape index (κ1) is 16.0. The number of hydrogen-bond acceptors (Lipinski definition) is 3. The van der Waals surface area contributed by atoms with Crippen molar-refractivity contribution in [2.45, 2.75) is 32.3 Å². The average Bonchev–Trinajstić information content (AvgIpc) is 2.25. The van der Waals surface area contributed by atoms with Gasteiger partial charge in [-0.15, -0.1) is 0 Å². The molecule has 0 saturated carbocycles. The van der Waals surface area contributed by atoms with Gasteiger partial charge in [0.15, 0.2) is 0 Å². The van der Waals surface area contributed by atoms with Crippen molar-refractivity contribution in [3.63, 3.8) is 0 Å². The Morgan fingerprint density at radius 1 is 1.53 bits per heavy atom. The first-order chi connectivity index (χ1) is 8.82. The molecular weight excluding hydrogens is 310 g/mol. The maximum atomic E-state index is 10.8. The third-order valence-corrected chi connectivity index (χ3v) is 3.32. The van der Waals surface area contributed by atoms with E-state index >= 15 is 0 Å². The van der Waals surface area contributed by atoms with Crippen LogP contribution in [0.2, 0.25) is 0 Å². The predicted molar refractivity (Wildman–Crippen MR) is 77.8 cm³/mol. The van der Waals surface area contributed by atoms with E-state index in [-0.39, 0.29) is 12.5 Å². The zero-order chi connectivity index (χ0) is 14.5. The quantitative estimate of drug-likeness (QED) is 0.842. The number of nitrogens with two attached hydrogens (primary N) is 1. The Kier molecular flexibility index (Phi) is 5.82. The second-order valence-corrected chi connectivity index (χ2v) is 6.18. The third kappa shape index (κ3) is 6.07. The summed E-state index contributed by atoms with van der Waals surface area (Å²) in [6.45, 7) is 3.63. The monoisotopic (exact) mass is 329 g/mol. The Labute approximate surface area is 122 Å². The van der Waals surface area contributed by atoms with Crippen molar-refractivity contribution in [2.24, 2.45) is 11.7 Å². The highest BCUT2D eigenvalue weighted by Crippen LogP contribution is 2.24. The van der Waals surface area contributed by atoms with Gasteiger partial charge in [-0.2, -0.15) is 0 Å². The second kappa shape index (κ2) is 6.91. The Morgan fingerprint density at radius 2 is 2.21 bits per heavy atom. The molecule has 0 aliphatic carbocycles. The number of primary amides is 1. The first-order valence-corrected chi connectivity index (χ1v) is 6.95. The Bertz CT molecular complexity index is 434. The summed E-state index contributed by atoms with van der Waals surface area (Å²) in [6.07, 6.45) is 0.490. The van der Waals surface area contributed by atoms with E-state index in [0.717, 1.165) is 16.5 Å². The fourth-order valence-corrected chi connectivity index (χ4v) is 2.65. The normalized spacial score (nSPS) is 13.1. The highest BCUT2D eigenvalue weighted by Gasteiger charge is 2.26. The summed E-state index contributed by atoms with van der Waals surface area (Å²) in [5.74, 6) is 0.0173. The molecular formula is C14H20BrNO3. The largest absolute Gasteiger partial charge is 0.444 e. The molecule has 1 aromatic carbocycles. The molecule has 1 amide bonds. The molecule has 3 N–H and O–H groups in total. The molecule has 0 fully saturated rings. The third-order valence-electron chi connectivity index (χ3n) is 2.83. The van der Waals surface area contributed by atoms with E-state index in [0.29, 0.717) is 6.42 Å². The summed E-state index contributed by atoms with van der Waals surface area (Å²) in [6, 6.07) is 7.94. The lowest BCUT2D eigenvalue weighted by atomic mass is 9.89. The molecule has 0 aromatic heterocycles. The summed E-state index contributed by atoms with van der Waals surface area (Å²) in [5, 5.41) is 9.47. The minimum absolute atomic E-state index is 0.0173. The highest BCUT2D eigenvalue weighted by atomic mass is 79.9. The molecule has 0 bridgehead atoms. The van der Waals surface area contributed by atoms with Crippen molar-refractivity contribution in [2.75, 3.05) is 6.61 Å². The van der Waals surface area contributed by atoms with E-state index in [4.69, 9.17) is 10.5 Å². The van der Waals surface area contributed by atoms with Crippen molar-refractivity contribution < 1.29 is 14.6 Å². The molecule has 0 spiro atoms. The van der Waals surface area contributed by atoms with Gasteiger partial charge in [-0.05, 0) is 50.3 Å². The van der Waals surface area contributed by atoms with Gasteiger partial charge in [-0.3, -0.25) is 0 Å². The van der Waals surface area contributed by atoms with Gasteiger partial charge < -0.3 is 15.6 Å². The lowest BCUT2D eigenvalue weighted by molar-refractivity contribution is 0.0185. The zero-order valence-corrected chi connectivity index (χ0v) is 12.8. The van der Waals surface area contributed by atoms with Gasteiger partial charge in [0.05, 0.1) is 0 Å². The van der Waals surface area contributed by atoms with Crippen LogP contribution < -0.4 is 5.73 Å². The first-order valence-electron chi connectivity index (χ1n) is 6.16. The number of aliphatic hydroxyl groups excluding tert-OH is 1. The summed E-state index contributed by atoms with van der Waals surface area (Å²) in [5.41, 5.74) is 5.49. The molecule has 1 rings (SSSR count). The standard InChI is InChI=1S/C14H20BrNO3/c1-14(2,19-13(16)18)8-11(9-17)6-10-4-3-5-12(15)7-10/h3-5,7,11,17H,6,8-9H2,1-2H3,(H2,16,18). The van der Waals surface area contributed by atoms with Crippen LogP contribution in [0.1, 0.15) is 25.8 Å². The lowest BCUT2D eigenvalue weighted by Crippen LogP contribution is -2.34. The number of carbonyl (C=O) groups is 1. The van der Waals surface area contributed by atoms with Crippen molar-refractivity contribution in [3.05, 3.63) is 34.3 Å². The predicted octanol–water partition coefficient (Wildman–Crippen LogP) is 2.86. The zero-order valence-electron chi connectivity index (χ0n) is 11.2. The number of benzene rings is 1. The highest BCUT2D eigenvalue weighted by molar-refractivity contribution is 9.10. The molecule has 1 aromatic rings. The molecule has 0 aliphatic heterocycles. The number of amides is 1. The number of carbonyl (C=O) groups excluding carboxylic acids is 1. The SMILES string of the molecule is CC(C)(CC(CO)Cc1cccc(Br)c1)OC(N)=O. The summed E-state index contributed by atoms with van der Waals surface area (Å²) in [4.78, 5) is 10.8. The van der Waals surface area contributed by atoms with Crippen LogP contribution in [0.15, 0.2) is 28.7 Å². The lowest BCUT2D eigenvalue weighted by Gasteiger charge is -2.28. The molecule has 0 saturated heterocycles. The van der Waals surface area contributed by atoms with Crippen LogP contribution in [0.4, 0.5) is 4.79 Å². The number of ether oxygens (including phenoxy) is 1. The molecule has 4 nitrogen and oxygen atoms in total. The molecule has 1 unspecified atom stereocenters. The minimum Gasteiger partial charge on any atom is -0.444 e. The molecule has 19 heavy (non-hydrogen) atoms. The van der Waals surface area contributed by atoms with E-state index < -0.39 is 11.7 Å². The van der Waals surface area contributed by atoms with Gasteiger partial charge in [-0.25, -0.2) is 4.79 Å². The van der Waals surface area contributed by atoms with Crippen LogP contribution in [0.25, 0.3) is 0 Å². The smallest absolute Gasteiger partial charge is 0.405 e. The fourth-order valence-electron chi connectivity index (χ4n) is 2.21. The van der Waals surface area contributed by atoms with Gasteiger partial charge in [0.1, 0.15) is 5.60 Å². The fraction of sp³-hybridized carbons (Fsp3) is 0.500. The van der Waals surface area contributed by atoms with Crippen molar-refractivity contribution in [1.29, 1.82) is 0 Å². The topological polar surface area (TPSA) is 72.6 Å². The number of halogens is 1. The van der Waals surface area contributed by atoms with Crippen LogP contribution in [0.3, 0.4) is 0 Å². The maximum absolute atomic E-state index is 10.8. The van der Waals surface area contributed by atoms with Gasteiger partial charge in [0.25, 0.3) is 0 Å². The minimum atomic E-state index is -0.788. The molecule has 0 radical (unpaired) electrons. The van der Waals surface area contributed by atoms with Crippen molar-refractivity contribution in [3.8, 4) is 0 Å². The van der Waals surface area contributed by atoms with Crippen LogP contribution in [0, 0.1) is 5.92 Å². The maximum Gasteiger partial charge on any atom is 0.405 e. The second-order valence-electron chi connectivity index (χ2n) is 5.27. The van der Waals surface area contributed by atoms with Crippen LogP contribution in [-0.4, -0.2) is 23.4 Å². The number of aliphatic hydroxyl groups is 1. The van der Waals surface area contributed by atoms with Crippen LogP contribution in [-0.2, 0) is 11.2 Å². The number of hydrogen-bond donors (Lipinski definition) is 2. The van der Waals surface area contributed by atoms with E-state index in [1.54, 1.807) is 13.8 Å². The Balaban J connectivity index is 2.66. The molecule has 0 aliphatic rings. The van der Waals surface area contributed by atoms with Gasteiger partial charge in [0.2, 0.25) is 0 Å². The molecule has 0 heterocycles. The molecule has 5 heteroatoms. The van der Waals surface area contributed by atoms with Gasteiger partial charge in [-0.1, -0.05) is 28.1 Å². The van der Waals surface area contributed by atoms with E-state index in [1.807, 2.05) is 24.3 Å². The van der Waals surface area contributed by atoms with Crippen molar-refractivity contribution >= 4 is 22.0 Å². The molecule has 106 valence electrons. The van der Waals surface area contributed by atoms with E-state index in [2.05, 4.69) is 15.9 Å². The van der Waals surface area contributed by atoms with Crippen LogP contribution in [0.5, 0.6) is 0 Å². The van der Waals surface area contributed by atoms with Crippen molar-refractivity contribution in [1.82, 2.24) is 0 Å². The van der Waals surface area contributed by atoms with E-state index in [1.165, 1.54) is 0 Å². The van der Waals surface area contributed by atoms with E-state index in [9.17, 15) is 9.90 Å². The molecule has 1 atom stereocenters. The van der Waals surface area contributed by atoms with Gasteiger partial charge >= 0.3 is 6.09 Å².